The summed E-state index contributed by atoms with van der Waals surface area (Å²) in [5, 5.41) is 5.43. The van der Waals surface area contributed by atoms with Crippen molar-refractivity contribution in [1.29, 1.82) is 0 Å². The summed E-state index contributed by atoms with van der Waals surface area (Å²) in [6.07, 6.45) is 4.17. The maximum atomic E-state index is 12.1. The fourth-order valence-electron chi connectivity index (χ4n) is 2.41. The van der Waals surface area contributed by atoms with Gasteiger partial charge < -0.3 is 15.6 Å². The van der Waals surface area contributed by atoms with Gasteiger partial charge in [0, 0.05) is 38.6 Å². The first-order valence-electron chi connectivity index (χ1n) is 7.11. The van der Waals surface area contributed by atoms with Crippen LogP contribution in [0.25, 0.3) is 0 Å². The predicted molar refractivity (Wildman–Crippen MR) is 83.1 cm³/mol. The number of rotatable bonds is 4. The second-order valence-corrected chi connectivity index (χ2v) is 5.65. The van der Waals surface area contributed by atoms with Crippen LogP contribution >= 0.6 is 11.6 Å². The van der Waals surface area contributed by atoms with Gasteiger partial charge in [0.25, 0.3) is 5.91 Å². The number of H-pyrrole nitrogens is 1. The van der Waals surface area contributed by atoms with Crippen LogP contribution in [-0.4, -0.2) is 54.4 Å². The van der Waals surface area contributed by atoms with E-state index in [-0.39, 0.29) is 22.5 Å². The molecule has 2 amide bonds. The third-order valence-corrected chi connectivity index (χ3v) is 3.99. The van der Waals surface area contributed by atoms with Gasteiger partial charge in [-0.25, -0.2) is 0 Å². The highest BCUT2D eigenvalue weighted by Crippen LogP contribution is 2.10. The van der Waals surface area contributed by atoms with Crippen LogP contribution in [0.2, 0.25) is 5.02 Å². The average molecular weight is 327 g/mol. The summed E-state index contributed by atoms with van der Waals surface area (Å²) in [6, 6.07) is -0.00757. The molecule has 120 valence electrons. The molecule has 1 fully saturated rings. The molecular weight excluding hydrogens is 308 g/mol. The molecule has 0 bridgehead atoms. The second kappa shape index (κ2) is 7.42. The minimum atomic E-state index is -0.477. The number of hydrogen-bond acceptors (Lipinski definition) is 4. The maximum Gasteiger partial charge on any atom is 0.257 e. The number of pyridine rings is 1. The Bertz CT molecular complexity index is 608. The Kier molecular flexibility index (Phi) is 5.57. The van der Waals surface area contributed by atoms with Crippen molar-refractivity contribution in [3.05, 3.63) is 33.2 Å². The number of aromatic amines is 1. The molecule has 0 atom stereocenters. The van der Waals surface area contributed by atoms with Crippen molar-refractivity contribution in [1.82, 2.24) is 20.5 Å². The zero-order valence-electron chi connectivity index (χ0n) is 12.3. The van der Waals surface area contributed by atoms with E-state index in [0.717, 1.165) is 25.9 Å². The molecular formula is C14H19ClN4O3. The number of nitrogens with one attached hydrogen (secondary N) is 3. The van der Waals surface area contributed by atoms with Gasteiger partial charge in [0.2, 0.25) is 11.3 Å². The highest BCUT2D eigenvalue weighted by atomic mass is 35.5. The molecule has 3 N–H and O–H groups in total. The van der Waals surface area contributed by atoms with Gasteiger partial charge in [-0.05, 0) is 12.8 Å². The van der Waals surface area contributed by atoms with Crippen molar-refractivity contribution in [2.24, 2.45) is 0 Å². The number of halogens is 1. The first kappa shape index (κ1) is 16.5. The largest absolute Gasteiger partial charge is 0.365 e. The van der Waals surface area contributed by atoms with Crippen molar-refractivity contribution in [3.8, 4) is 0 Å². The second-order valence-electron chi connectivity index (χ2n) is 5.24. The van der Waals surface area contributed by atoms with Gasteiger partial charge in [-0.15, -0.1) is 0 Å². The number of likely N-dealkylation sites (N-methyl/N-ethyl adjacent to an activating group) is 1. The summed E-state index contributed by atoms with van der Waals surface area (Å²) in [7, 11) is 1.61. The maximum absolute atomic E-state index is 12.1. The Hall–Kier alpha value is -1.86. The Morgan fingerprint density at radius 3 is 2.68 bits per heavy atom. The van der Waals surface area contributed by atoms with Crippen molar-refractivity contribution < 1.29 is 9.59 Å². The lowest BCUT2D eigenvalue weighted by Crippen LogP contribution is -2.47. The van der Waals surface area contributed by atoms with Crippen LogP contribution in [0.4, 0.5) is 0 Å². The fraction of sp³-hybridized carbons (Fsp3) is 0.500. The van der Waals surface area contributed by atoms with Crippen molar-refractivity contribution in [3.63, 3.8) is 0 Å². The van der Waals surface area contributed by atoms with Crippen LogP contribution in [0.15, 0.2) is 17.2 Å². The predicted octanol–water partition coefficient (Wildman–Crippen LogP) is -0.0315. The summed E-state index contributed by atoms with van der Waals surface area (Å²) in [5.74, 6) is -0.443. The molecule has 1 aromatic rings. The Morgan fingerprint density at radius 2 is 2.05 bits per heavy atom. The lowest BCUT2D eigenvalue weighted by molar-refractivity contribution is -0.122. The Balaban J connectivity index is 1.88. The summed E-state index contributed by atoms with van der Waals surface area (Å²) < 4.78 is 0. The first-order valence-corrected chi connectivity index (χ1v) is 7.49. The molecule has 0 radical (unpaired) electrons. The fourth-order valence-corrected chi connectivity index (χ4v) is 2.57. The number of aromatic nitrogens is 1. The van der Waals surface area contributed by atoms with Crippen molar-refractivity contribution in [2.75, 3.05) is 26.7 Å². The number of carbonyl (C=O) groups excluding carboxylic acids is 2. The van der Waals surface area contributed by atoms with E-state index in [2.05, 4.69) is 15.6 Å². The number of piperidine rings is 1. The van der Waals surface area contributed by atoms with Crippen LogP contribution in [0.5, 0.6) is 0 Å². The molecule has 7 nitrogen and oxygen atoms in total. The number of nitrogens with zero attached hydrogens (tertiary/aromatic N) is 1. The van der Waals surface area contributed by atoms with E-state index < -0.39 is 11.3 Å². The lowest BCUT2D eigenvalue weighted by atomic mass is 10.0. The minimum Gasteiger partial charge on any atom is -0.365 e. The van der Waals surface area contributed by atoms with Gasteiger partial charge in [-0.3, -0.25) is 19.3 Å². The molecule has 0 spiro atoms. The normalized spacial score (nSPS) is 16.3. The van der Waals surface area contributed by atoms with Crippen LogP contribution in [-0.2, 0) is 4.79 Å². The average Bonchev–Trinajstić information content (AvgIpc) is 2.51. The molecule has 0 saturated carbocycles. The lowest BCUT2D eigenvalue weighted by Gasteiger charge is -2.31. The third-order valence-electron chi connectivity index (χ3n) is 3.71. The summed E-state index contributed by atoms with van der Waals surface area (Å²) in [4.78, 5) is 40.0. The zero-order chi connectivity index (χ0) is 16.1. The highest BCUT2D eigenvalue weighted by Gasteiger charge is 2.23. The molecule has 0 aliphatic carbocycles. The number of amides is 2. The Morgan fingerprint density at radius 1 is 1.36 bits per heavy atom. The molecule has 1 saturated heterocycles. The molecule has 1 aromatic heterocycles. The van der Waals surface area contributed by atoms with Gasteiger partial charge in [-0.1, -0.05) is 11.6 Å². The van der Waals surface area contributed by atoms with Crippen LogP contribution < -0.4 is 16.1 Å². The third kappa shape index (κ3) is 4.08. The van der Waals surface area contributed by atoms with Crippen molar-refractivity contribution >= 4 is 23.4 Å². The van der Waals surface area contributed by atoms with Gasteiger partial charge in [0.05, 0.1) is 6.54 Å². The molecule has 1 aliphatic heterocycles. The van der Waals surface area contributed by atoms with Crippen LogP contribution in [0, 0.1) is 0 Å². The summed E-state index contributed by atoms with van der Waals surface area (Å²) in [6.45, 7) is 1.82. The number of hydrogen-bond donors (Lipinski definition) is 3. The topological polar surface area (TPSA) is 94.3 Å². The molecule has 2 heterocycles. The molecule has 22 heavy (non-hydrogen) atoms. The Labute approximate surface area is 133 Å². The van der Waals surface area contributed by atoms with E-state index in [1.165, 1.54) is 12.4 Å². The first-order chi connectivity index (χ1) is 10.5. The van der Waals surface area contributed by atoms with Gasteiger partial charge in [-0.2, -0.15) is 0 Å². The summed E-state index contributed by atoms with van der Waals surface area (Å²) >= 11 is 5.71. The minimum absolute atomic E-state index is 0.00644. The van der Waals surface area contributed by atoms with Gasteiger partial charge in [0.1, 0.15) is 10.6 Å². The standard InChI is InChI=1S/C14H19ClN4O3/c1-16-12(20)8-19-4-2-9(3-5-19)18-14(22)10-6-17-7-11(15)13(10)21/h6-7,9H,2-5,8H2,1H3,(H,16,20)(H,17,21)(H,18,22). The van der Waals surface area contributed by atoms with Gasteiger partial charge in [0.15, 0.2) is 0 Å². The molecule has 0 aromatic carbocycles. The molecule has 0 unspecified atom stereocenters. The number of carbonyl (C=O) groups is 2. The molecule has 2 rings (SSSR count). The SMILES string of the molecule is CNC(=O)CN1CCC(NC(=O)c2c[nH]cc(Cl)c2=O)CC1. The van der Waals surface area contributed by atoms with E-state index in [1.807, 2.05) is 4.90 Å². The van der Waals surface area contributed by atoms with E-state index >= 15 is 0 Å². The molecule has 8 heteroatoms. The molecule has 1 aliphatic rings. The summed E-state index contributed by atoms with van der Waals surface area (Å²) in [5.41, 5.74) is -0.463. The van der Waals surface area contributed by atoms with E-state index in [9.17, 15) is 14.4 Å². The van der Waals surface area contributed by atoms with E-state index in [0.29, 0.717) is 6.54 Å². The quantitative estimate of drug-likeness (QED) is 0.724. The number of likely N-dealkylation sites (tertiary alicyclic amines) is 1. The van der Waals surface area contributed by atoms with Crippen LogP contribution in [0.1, 0.15) is 23.2 Å². The van der Waals surface area contributed by atoms with E-state index in [1.54, 1.807) is 7.05 Å². The highest BCUT2D eigenvalue weighted by molar-refractivity contribution is 6.30. The van der Waals surface area contributed by atoms with Crippen LogP contribution in [0.3, 0.4) is 0 Å². The van der Waals surface area contributed by atoms with Crippen molar-refractivity contribution in [2.45, 2.75) is 18.9 Å². The van der Waals surface area contributed by atoms with E-state index in [4.69, 9.17) is 11.6 Å². The van der Waals surface area contributed by atoms with Gasteiger partial charge >= 0.3 is 0 Å². The monoisotopic (exact) mass is 326 g/mol. The smallest absolute Gasteiger partial charge is 0.257 e. The zero-order valence-corrected chi connectivity index (χ0v) is 13.1.